The molecule has 166 valence electrons. The van der Waals surface area contributed by atoms with Crippen LogP contribution in [0.4, 0.5) is 5.69 Å². The normalized spacial score (nSPS) is 13.7. The summed E-state index contributed by atoms with van der Waals surface area (Å²) in [6, 6.07) is 17.4. The molecule has 0 amide bonds. The zero-order valence-electron chi connectivity index (χ0n) is 17.5. The van der Waals surface area contributed by atoms with Gasteiger partial charge in [0.15, 0.2) is 0 Å². The van der Waals surface area contributed by atoms with E-state index in [0.717, 1.165) is 31.9 Å². The second-order valence-corrected chi connectivity index (χ2v) is 7.06. The molecule has 1 saturated heterocycles. The smallest absolute Gasteiger partial charge is 0.357 e. The number of nitrogens with zero attached hydrogens (tertiary/aromatic N) is 2. The average Bonchev–Trinajstić information content (AvgIpc) is 2.75. The predicted molar refractivity (Wildman–Crippen MR) is 126 cm³/mol. The summed E-state index contributed by atoms with van der Waals surface area (Å²) in [6.45, 7) is 6.01. The van der Waals surface area contributed by atoms with Crippen LogP contribution in [-0.4, -0.2) is 43.8 Å². The van der Waals surface area contributed by atoms with Crippen LogP contribution in [0.2, 0.25) is 0 Å². The van der Waals surface area contributed by atoms with Gasteiger partial charge in [0, 0.05) is 18.8 Å². The summed E-state index contributed by atoms with van der Waals surface area (Å²) in [7, 11) is 0. The lowest BCUT2D eigenvalue weighted by atomic mass is 10.2. The number of unbranched alkanes of at least 4 members (excludes halogenated alkanes) is 3. The first-order valence-corrected chi connectivity index (χ1v) is 10.3. The summed E-state index contributed by atoms with van der Waals surface area (Å²) in [5.74, 6) is 0.630. The lowest BCUT2D eigenvalue weighted by molar-refractivity contribution is -0.112. The molecule has 1 aliphatic rings. The van der Waals surface area contributed by atoms with Crippen molar-refractivity contribution in [3.63, 3.8) is 0 Å². The Bertz CT molecular complexity index is 721. The quantitative estimate of drug-likeness (QED) is 0.475. The maximum atomic E-state index is 12.2. The highest BCUT2D eigenvalue weighted by Gasteiger charge is 2.21. The first-order chi connectivity index (χ1) is 13.8. The van der Waals surface area contributed by atoms with Gasteiger partial charge in [0.2, 0.25) is 0 Å². The topological polar surface area (TPSA) is 42.0 Å². The second kappa shape index (κ2) is 14.1. The molecular formula is C23H32Cl2N2O3. The van der Waals surface area contributed by atoms with E-state index in [9.17, 15) is 4.79 Å². The number of piperazine rings is 1. The van der Waals surface area contributed by atoms with Crippen molar-refractivity contribution in [2.45, 2.75) is 32.6 Å². The highest BCUT2D eigenvalue weighted by Crippen LogP contribution is 2.21. The zero-order chi connectivity index (χ0) is 19.6. The Labute approximate surface area is 192 Å². The van der Waals surface area contributed by atoms with Gasteiger partial charge in [-0.1, -0.05) is 44.4 Å². The molecule has 7 heteroatoms. The van der Waals surface area contributed by atoms with Gasteiger partial charge in [-0.15, -0.1) is 29.9 Å². The minimum Gasteiger partial charge on any atom is -0.494 e. The molecule has 0 saturated carbocycles. The molecule has 0 aromatic heterocycles. The van der Waals surface area contributed by atoms with E-state index >= 15 is 0 Å². The summed E-state index contributed by atoms with van der Waals surface area (Å²) >= 11 is 0. The van der Waals surface area contributed by atoms with Crippen molar-refractivity contribution >= 4 is 36.5 Å². The molecule has 3 rings (SSSR count). The molecule has 1 fully saturated rings. The van der Waals surface area contributed by atoms with Crippen LogP contribution in [0, 0.1) is 0 Å². The van der Waals surface area contributed by atoms with E-state index in [-0.39, 0.29) is 30.8 Å². The number of rotatable bonds is 9. The molecule has 2 aromatic carbocycles. The van der Waals surface area contributed by atoms with E-state index in [0.29, 0.717) is 18.7 Å². The third-order valence-corrected chi connectivity index (χ3v) is 4.93. The Morgan fingerprint density at radius 1 is 0.867 bits per heavy atom. The summed E-state index contributed by atoms with van der Waals surface area (Å²) in [6.07, 6.45) is 4.86. The molecule has 0 aliphatic carbocycles. The molecule has 0 radical (unpaired) electrons. The Morgan fingerprint density at radius 2 is 1.53 bits per heavy atom. The monoisotopic (exact) mass is 454 g/mol. The number of carbonyl (C=O) groups excluding carboxylic acids is 1. The molecule has 0 spiro atoms. The molecule has 1 heterocycles. The fraction of sp³-hybridized carbons (Fsp3) is 0.435. The Morgan fingerprint density at radius 3 is 2.17 bits per heavy atom. The van der Waals surface area contributed by atoms with Gasteiger partial charge in [-0.3, -0.25) is 0 Å². The third-order valence-electron chi connectivity index (χ3n) is 4.93. The van der Waals surface area contributed by atoms with Crippen molar-refractivity contribution in [2.24, 2.45) is 0 Å². The number of hydrogen-bond donors (Lipinski definition) is 0. The third kappa shape index (κ3) is 8.05. The van der Waals surface area contributed by atoms with Gasteiger partial charge in [0.1, 0.15) is 5.75 Å². The molecule has 0 atom stereocenters. The minimum absolute atomic E-state index is 0. The number of hydrogen-bond acceptors (Lipinski definition) is 5. The van der Waals surface area contributed by atoms with Crippen LogP contribution in [-0.2, 0) is 4.84 Å². The van der Waals surface area contributed by atoms with E-state index in [1.165, 1.54) is 24.9 Å². The SMILES string of the molecule is CCCCCCOc1ccc(N2CCN(OC(=O)c3ccccc3)CC2)cc1.Cl.Cl. The lowest BCUT2D eigenvalue weighted by Crippen LogP contribution is -2.47. The van der Waals surface area contributed by atoms with Crippen LogP contribution >= 0.6 is 24.8 Å². The van der Waals surface area contributed by atoms with Crippen molar-refractivity contribution < 1.29 is 14.4 Å². The van der Waals surface area contributed by atoms with E-state index in [1.807, 2.05) is 30.3 Å². The summed E-state index contributed by atoms with van der Waals surface area (Å²) < 4.78 is 5.81. The van der Waals surface area contributed by atoms with Gasteiger partial charge in [0.25, 0.3) is 0 Å². The maximum Gasteiger partial charge on any atom is 0.357 e. The Balaban J connectivity index is 0.00000225. The lowest BCUT2D eigenvalue weighted by Gasteiger charge is -2.34. The second-order valence-electron chi connectivity index (χ2n) is 7.06. The van der Waals surface area contributed by atoms with Crippen LogP contribution in [0.5, 0.6) is 5.75 Å². The zero-order valence-corrected chi connectivity index (χ0v) is 19.1. The van der Waals surface area contributed by atoms with Crippen molar-refractivity contribution in [1.29, 1.82) is 0 Å². The number of halogens is 2. The Hall–Kier alpha value is -1.95. The fourth-order valence-electron chi connectivity index (χ4n) is 3.25. The van der Waals surface area contributed by atoms with Crippen molar-refractivity contribution in [1.82, 2.24) is 5.06 Å². The summed E-state index contributed by atoms with van der Waals surface area (Å²) in [5, 5.41) is 1.75. The van der Waals surface area contributed by atoms with Crippen LogP contribution in [0.3, 0.4) is 0 Å². The number of anilines is 1. The van der Waals surface area contributed by atoms with Gasteiger partial charge >= 0.3 is 5.97 Å². The molecule has 0 unspecified atom stereocenters. The van der Waals surface area contributed by atoms with Crippen molar-refractivity contribution in [3.05, 3.63) is 60.2 Å². The number of benzene rings is 2. The number of hydroxylamine groups is 2. The molecule has 30 heavy (non-hydrogen) atoms. The molecular weight excluding hydrogens is 423 g/mol. The van der Waals surface area contributed by atoms with Crippen LogP contribution in [0.25, 0.3) is 0 Å². The van der Waals surface area contributed by atoms with Gasteiger partial charge in [-0.05, 0) is 42.8 Å². The van der Waals surface area contributed by atoms with E-state index < -0.39 is 0 Å². The van der Waals surface area contributed by atoms with E-state index in [4.69, 9.17) is 9.57 Å². The first-order valence-electron chi connectivity index (χ1n) is 10.3. The first kappa shape index (κ1) is 26.1. The van der Waals surface area contributed by atoms with Crippen LogP contribution in [0.1, 0.15) is 43.0 Å². The van der Waals surface area contributed by atoms with Gasteiger partial charge < -0.3 is 14.5 Å². The van der Waals surface area contributed by atoms with Gasteiger partial charge in [-0.2, -0.15) is 0 Å². The predicted octanol–water partition coefficient (Wildman–Crippen LogP) is 5.38. The highest BCUT2D eigenvalue weighted by molar-refractivity contribution is 5.89. The van der Waals surface area contributed by atoms with Crippen LogP contribution < -0.4 is 9.64 Å². The molecule has 5 nitrogen and oxygen atoms in total. The fourth-order valence-corrected chi connectivity index (χ4v) is 3.25. The Kier molecular flexibility index (Phi) is 12.3. The average molecular weight is 455 g/mol. The van der Waals surface area contributed by atoms with Crippen molar-refractivity contribution in [2.75, 3.05) is 37.7 Å². The minimum atomic E-state index is -0.297. The van der Waals surface area contributed by atoms with Crippen LogP contribution in [0.15, 0.2) is 54.6 Å². The molecule has 0 bridgehead atoms. The molecule has 1 aliphatic heterocycles. The number of ether oxygens (including phenoxy) is 1. The maximum absolute atomic E-state index is 12.2. The number of carbonyl (C=O) groups is 1. The largest absolute Gasteiger partial charge is 0.494 e. The standard InChI is InChI=1S/C23H30N2O3.2ClH/c1-2-3-4-8-19-27-22-13-11-21(12-14-22)24-15-17-25(18-16-24)28-23(26)20-9-6-5-7-10-20;;/h5-7,9-14H,2-4,8,15-19H2,1H3;2*1H. The highest BCUT2D eigenvalue weighted by atomic mass is 35.5. The van der Waals surface area contributed by atoms with E-state index in [2.05, 4.69) is 24.0 Å². The van der Waals surface area contributed by atoms with Gasteiger partial charge in [0.05, 0.1) is 25.3 Å². The van der Waals surface area contributed by atoms with Gasteiger partial charge in [-0.25, -0.2) is 4.79 Å². The van der Waals surface area contributed by atoms with Crippen molar-refractivity contribution in [3.8, 4) is 5.75 Å². The molecule has 0 N–H and O–H groups in total. The molecule has 2 aromatic rings. The summed E-state index contributed by atoms with van der Waals surface area (Å²) in [5.41, 5.74) is 1.75. The van der Waals surface area contributed by atoms with E-state index in [1.54, 1.807) is 17.2 Å². The summed E-state index contributed by atoms with van der Waals surface area (Å²) in [4.78, 5) is 20.0.